The molecule has 0 radical (unpaired) electrons. The Kier molecular flexibility index (Phi) is 8.85. The molecule has 0 bridgehead atoms. The van der Waals surface area contributed by atoms with Crippen molar-refractivity contribution in [2.24, 2.45) is 0 Å². The number of hydrogen-bond donors (Lipinski definition) is 1. The Labute approximate surface area is 83.2 Å². The molecule has 6 heteroatoms. The molecule has 0 rings (SSSR count). The van der Waals surface area contributed by atoms with Crippen LogP contribution in [0.4, 0.5) is 0 Å². The van der Waals surface area contributed by atoms with Crippen LogP contribution in [-0.4, -0.2) is 25.3 Å². The van der Waals surface area contributed by atoms with E-state index in [9.17, 15) is 8.42 Å². The average Bonchev–Trinajstić information content (AvgIpc) is 1.63. The predicted molar refractivity (Wildman–Crippen MR) is 34.8 cm³/mol. The molecule has 0 aliphatic carbocycles. The van der Waals surface area contributed by atoms with Gasteiger partial charge in [0.2, 0.25) is 0 Å². The van der Waals surface area contributed by atoms with Crippen LogP contribution in [0.15, 0.2) is 0 Å². The zero-order chi connectivity index (χ0) is 7.33. The van der Waals surface area contributed by atoms with E-state index in [1.165, 1.54) is 0 Å². The summed E-state index contributed by atoms with van der Waals surface area (Å²) in [5.41, 5.74) is 6.63. The van der Waals surface area contributed by atoms with Gasteiger partial charge in [-0.25, -0.2) is 0 Å². The molecule has 0 aromatic carbocycles. The van der Waals surface area contributed by atoms with Crippen molar-refractivity contribution in [1.82, 2.24) is 0 Å². The van der Waals surface area contributed by atoms with Crippen molar-refractivity contribution >= 4 is 10.1 Å². The van der Waals surface area contributed by atoms with Gasteiger partial charge in [-0.3, -0.25) is 4.55 Å². The summed E-state index contributed by atoms with van der Waals surface area (Å²) in [7, 11) is -3.78. The van der Waals surface area contributed by atoms with Crippen LogP contribution < -0.4 is 29.6 Å². The number of nitrogens with one attached hydrogen (secondary N) is 1. The fraction of sp³-hybridized carbons (Fsp3) is 1.00. The molecule has 0 amide bonds. The van der Waals surface area contributed by atoms with Gasteiger partial charge in [-0.1, -0.05) is 6.42 Å². The third kappa shape index (κ3) is 11.6. The van der Waals surface area contributed by atoms with Gasteiger partial charge in [0.05, 0.1) is 5.75 Å². The van der Waals surface area contributed by atoms with Gasteiger partial charge in [0.15, 0.2) is 0 Å². The Morgan fingerprint density at radius 2 is 1.80 bits per heavy atom. The molecular weight excluding hydrogens is 165 g/mol. The van der Waals surface area contributed by atoms with Crippen molar-refractivity contribution in [2.45, 2.75) is 12.8 Å². The molecule has 0 fully saturated rings. The summed E-state index contributed by atoms with van der Waals surface area (Å²) in [4.78, 5) is 0. The Bertz CT molecular complexity index is 156. The second-order valence-corrected chi connectivity index (χ2v) is 3.32. The normalized spacial score (nSPS) is 10.6. The molecule has 4 nitrogen and oxygen atoms in total. The number of unbranched alkanes of at least 4 members (excludes halogenated alkanes) is 1. The molecule has 0 heterocycles. The maximum Gasteiger partial charge on any atom is 1.00 e. The van der Waals surface area contributed by atoms with Crippen LogP contribution in [0.5, 0.6) is 0 Å². The first-order chi connectivity index (χ1) is 4.06. The van der Waals surface area contributed by atoms with Crippen LogP contribution in [0, 0.1) is 0 Å². The molecule has 0 atom stereocenters. The summed E-state index contributed by atoms with van der Waals surface area (Å²) in [6.45, 7) is 0.218. The van der Waals surface area contributed by atoms with Gasteiger partial charge in [-0.2, -0.15) is 15.0 Å². The molecule has 0 saturated heterocycles. The maximum atomic E-state index is 10.0. The monoisotopic (exact) mass is 175 g/mol. The van der Waals surface area contributed by atoms with E-state index in [4.69, 9.17) is 10.3 Å². The van der Waals surface area contributed by atoms with Gasteiger partial charge < -0.3 is 5.73 Å². The van der Waals surface area contributed by atoms with Crippen LogP contribution in [0.25, 0.3) is 5.73 Å². The zero-order valence-corrected chi connectivity index (χ0v) is 8.82. The van der Waals surface area contributed by atoms with E-state index in [-0.39, 0.29) is 41.9 Å². The van der Waals surface area contributed by atoms with Crippen LogP contribution in [0.3, 0.4) is 0 Å². The van der Waals surface area contributed by atoms with Crippen LogP contribution in [0.1, 0.15) is 12.8 Å². The van der Waals surface area contributed by atoms with E-state index in [1.54, 1.807) is 0 Å². The SMILES string of the molecule is [NH-]CCCCS(=O)(=O)O.[Na+]. The molecule has 0 aliphatic heterocycles. The fourth-order valence-electron chi connectivity index (χ4n) is 0.409. The molecule has 2 N–H and O–H groups in total. The van der Waals surface area contributed by atoms with Gasteiger partial charge >= 0.3 is 29.6 Å². The first-order valence-corrected chi connectivity index (χ1v) is 4.27. The summed E-state index contributed by atoms with van der Waals surface area (Å²) in [6.07, 6.45) is 0.905. The number of hydrogen-bond acceptors (Lipinski definition) is 2. The fourth-order valence-corrected chi connectivity index (χ4v) is 0.978. The first kappa shape index (κ1) is 13.5. The van der Waals surface area contributed by atoms with Crippen molar-refractivity contribution in [3.63, 3.8) is 0 Å². The van der Waals surface area contributed by atoms with E-state index >= 15 is 0 Å². The van der Waals surface area contributed by atoms with E-state index in [0.29, 0.717) is 12.8 Å². The van der Waals surface area contributed by atoms with Crippen LogP contribution in [-0.2, 0) is 10.1 Å². The van der Waals surface area contributed by atoms with E-state index < -0.39 is 10.1 Å². The van der Waals surface area contributed by atoms with E-state index in [2.05, 4.69) is 0 Å². The summed E-state index contributed by atoms with van der Waals surface area (Å²) < 4.78 is 28.2. The molecule has 0 unspecified atom stereocenters. The van der Waals surface area contributed by atoms with Gasteiger partial charge in [0, 0.05) is 0 Å². The molecule has 0 aromatic rings. The van der Waals surface area contributed by atoms with Crippen LogP contribution >= 0.6 is 0 Å². The summed E-state index contributed by atoms with van der Waals surface area (Å²) in [6, 6.07) is 0. The maximum absolute atomic E-state index is 10.0. The van der Waals surface area contributed by atoms with Gasteiger partial charge in [0.25, 0.3) is 10.1 Å². The summed E-state index contributed by atoms with van der Waals surface area (Å²) in [5, 5.41) is 0. The molecule has 56 valence electrons. The van der Waals surface area contributed by atoms with Crippen molar-refractivity contribution in [3.8, 4) is 0 Å². The quantitative estimate of drug-likeness (QED) is 0.297. The molecular formula is C4H10NNaO3S. The molecule has 0 spiro atoms. The third-order valence-corrected chi connectivity index (χ3v) is 1.63. The standard InChI is InChI=1S/C4H10NO3S.Na/c5-3-1-2-4-9(6,7)8;/h5H,1-4H2,(H,6,7,8);/q-1;+1. The number of rotatable bonds is 4. The molecule has 0 saturated carbocycles. The van der Waals surface area contributed by atoms with Crippen molar-refractivity contribution < 1.29 is 42.5 Å². The molecule has 0 aromatic heterocycles. The minimum atomic E-state index is -3.78. The molecule has 10 heavy (non-hydrogen) atoms. The molecule has 0 aliphatic rings. The Morgan fingerprint density at radius 1 is 1.30 bits per heavy atom. The largest absolute Gasteiger partial charge is 1.00 e. The average molecular weight is 175 g/mol. The topological polar surface area (TPSA) is 78.2 Å². The van der Waals surface area contributed by atoms with Gasteiger partial charge in [-0.15, -0.1) is 0 Å². The summed E-state index contributed by atoms with van der Waals surface area (Å²) in [5.74, 6) is -0.216. The predicted octanol–water partition coefficient (Wildman–Crippen LogP) is -2.29. The van der Waals surface area contributed by atoms with Crippen molar-refractivity contribution in [1.29, 1.82) is 0 Å². The van der Waals surface area contributed by atoms with Crippen molar-refractivity contribution in [2.75, 3.05) is 12.3 Å². The van der Waals surface area contributed by atoms with Gasteiger partial charge in [-0.05, 0) is 6.42 Å². The zero-order valence-electron chi connectivity index (χ0n) is 6.00. The minimum Gasteiger partial charge on any atom is -0.677 e. The Hall–Kier alpha value is 0.870. The Morgan fingerprint density at radius 3 is 2.10 bits per heavy atom. The summed E-state index contributed by atoms with van der Waals surface area (Å²) >= 11 is 0. The van der Waals surface area contributed by atoms with Crippen LogP contribution in [0.2, 0.25) is 0 Å². The van der Waals surface area contributed by atoms with E-state index in [0.717, 1.165) is 0 Å². The minimum absolute atomic E-state index is 0. The van der Waals surface area contributed by atoms with E-state index in [1.807, 2.05) is 0 Å². The van der Waals surface area contributed by atoms with Gasteiger partial charge in [0.1, 0.15) is 0 Å². The Balaban J connectivity index is 0. The smallest absolute Gasteiger partial charge is 0.677 e. The second kappa shape index (κ2) is 6.57. The second-order valence-electron chi connectivity index (χ2n) is 1.74. The first-order valence-electron chi connectivity index (χ1n) is 2.66. The van der Waals surface area contributed by atoms with Crippen molar-refractivity contribution in [3.05, 3.63) is 5.73 Å². The third-order valence-electron chi connectivity index (χ3n) is 0.829.